The Morgan fingerprint density at radius 2 is 2.00 bits per heavy atom. The van der Waals surface area contributed by atoms with E-state index in [1.54, 1.807) is 12.1 Å². The van der Waals surface area contributed by atoms with Crippen LogP contribution in [0.2, 0.25) is 5.02 Å². The Labute approximate surface area is 152 Å². The Morgan fingerprint density at radius 1 is 1.32 bits per heavy atom. The van der Waals surface area contributed by atoms with E-state index in [1.807, 2.05) is 6.07 Å². The van der Waals surface area contributed by atoms with E-state index >= 15 is 0 Å². The number of piperidine rings is 1. The molecule has 0 radical (unpaired) electrons. The molecule has 7 heteroatoms. The summed E-state index contributed by atoms with van der Waals surface area (Å²) in [6, 6.07) is 4.54. The minimum Gasteiger partial charge on any atom is -0.506 e. The van der Waals surface area contributed by atoms with Gasteiger partial charge in [-0.2, -0.15) is 0 Å². The number of hydrogen-bond donors (Lipinski definition) is 2. The monoisotopic (exact) mass is 366 g/mol. The summed E-state index contributed by atoms with van der Waals surface area (Å²) < 4.78 is 0. The predicted molar refractivity (Wildman–Crippen MR) is 93.5 cm³/mol. The van der Waals surface area contributed by atoms with Gasteiger partial charge >= 0.3 is 5.97 Å². The third-order valence-electron chi connectivity index (χ3n) is 5.53. The van der Waals surface area contributed by atoms with E-state index in [0.29, 0.717) is 18.0 Å². The summed E-state index contributed by atoms with van der Waals surface area (Å²) in [7, 11) is 0. The smallest absolute Gasteiger partial charge is 0.326 e. The first kappa shape index (κ1) is 18.0. The van der Waals surface area contributed by atoms with Crippen molar-refractivity contribution < 1.29 is 19.8 Å². The van der Waals surface area contributed by atoms with Crippen LogP contribution in [-0.2, 0) is 16.1 Å². The highest BCUT2D eigenvalue weighted by Gasteiger charge is 2.48. The maximum Gasteiger partial charge on any atom is 0.326 e. The van der Waals surface area contributed by atoms with Crippen molar-refractivity contribution in [2.45, 2.75) is 38.8 Å². The standard InChI is InChI=1S/C18H23ClN2O4/c1-12(22)21-11-18(9-15(21)17(24)25)4-6-20(7-5-18)10-13-2-3-16(23)14(19)8-13/h2-3,8,15,23H,4-7,9-11H2,1H3,(H,24,25)/t15-/m0/s1. The summed E-state index contributed by atoms with van der Waals surface area (Å²) in [5, 5.41) is 19.3. The lowest BCUT2D eigenvalue weighted by molar-refractivity contribution is -0.147. The second kappa shape index (κ2) is 6.84. The lowest BCUT2D eigenvalue weighted by Crippen LogP contribution is -2.42. The highest BCUT2D eigenvalue weighted by molar-refractivity contribution is 6.32. The number of phenols is 1. The molecule has 1 aromatic carbocycles. The average Bonchev–Trinajstić information content (AvgIpc) is 2.94. The van der Waals surface area contributed by atoms with E-state index in [9.17, 15) is 19.8 Å². The van der Waals surface area contributed by atoms with Crippen molar-refractivity contribution in [2.75, 3.05) is 19.6 Å². The zero-order chi connectivity index (χ0) is 18.2. The second-order valence-electron chi connectivity index (χ2n) is 7.27. The third-order valence-corrected chi connectivity index (χ3v) is 5.84. The molecule has 6 nitrogen and oxygen atoms in total. The van der Waals surface area contributed by atoms with Gasteiger partial charge in [-0.25, -0.2) is 4.79 Å². The summed E-state index contributed by atoms with van der Waals surface area (Å²) in [6.45, 7) is 4.44. The number of rotatable bonds is 3. The van der Waals surface area contributed by atoms with Crippen LogP contribution in [-0.4, -0.2) is 57.6 Å². The Bertz CT molecular complexity index is 662. The molecule has 2 aliphatic heterocycles. The molecule has 2 fully saturated rings. The van der Waals surface area contributed by atoms with Gasteiger partial charge in [0, 0.05) is 20.0 Å². The summed E-state index contributed by atoms with van der Waals surface area (Å²) in [4.78, 5) is 27.1. The van der Waals surface area contributed by atoms with Gasteiger partial charge in [0.25, 0.3) is 0 Å². The molecule has 1 aromatic rings. The number of aromatic hydroxyl groups is 1. The number of nitrogens with zero attached hydrogens (tertiary/aromatic N) is 2. The van der Waals surface area contributed by atoms with Crippen molar-refractivity contribution in [1.29, 1.82) is 0 Å². The number of likely N-dealkylation sites (tertiary alicyclic amines) is 2. The third kappa shape index (κ3) is 3.75. The van der Waals surface area contributed by atoms with Gasteiger partial charge in [-0.1, -0.05) is 17.7 Å². The lowest BCUT2D eigenvalue weighted by Gasteiger charge is -2.39. The zero-order valence-electron chi connectivity index (χ0n) is 14.2. The van der Waals surface area contributed by atoms with Gasteiger partial charge in [-0.3, -0.25) is 9.69 Å². The van der Waals surface area contributed by atoms with E-state index < -0.39 is 12.0 Å². The van der Waals surface area contributed by atoms with Crippen LogP contribution in [0.15, 0.2) is 18.2 Å². The molecule has 136 valence electrons. The fourth-order valence-electron chi connectivity index (χ4n) is 4.06. The molecular weight excluding hydrogens is 344 g/mol. The highest BCUT2D eigenvalue weighted by atomic mass is 35.5. The van der Waals surface area contributed by atoms with Crippen LogP contribution < -0.4 is 0 Å². The van der Waals surface area contributed by atoms with Crippen molar-refractivity contribution in [3.05, 3.63) is 28.8 Å². The molecule has 3 rings (SSSR count). The van der Waals surface area contributed by atoms with Crippen LogP contribution >= 0.6 is 11.6 Å². The number of hydrogen-bond acceptors (Lipinski definition) is 4. The topological polar surface area (TPSA) is 81.1 Å². The van der Waals surface area contributed by atoms with E-state index in [0.717, 1.165) is 38.0 Å². The molecule has 1 spiro atoms. The van der Waals surface area contributed by atoms with Crippen LogP contribution in [0.4, 0.5) is 0 Å². The number of carboxylic acid groups (broad SMARTS) is 1. The van der Waals surface area contributed by atoms with Crippen LogP contribution in [0.5, 0.6) is 5.75 Å². The number of carbonyl (C=O) groups excluding carboxylic acids is 1. The molecule has 25 heavy (non-hydrogen) atoms. The maximum absolute atomic E-state index is 11.8. The summed E-state index contributed by atoms with van der Waals surface area (Å²) >= 11 is 5.96. The number of phenolic OH excluding ortho intramolecular Hbond substituents is 1. The Balaban J connectivity index is 1.62. The quantitative estimate of drug-likeness (QED) is 0.858. The number of carbonyl (C=O) groups is 2. The number of halogens is 1. The maximum atomic E-state index is 11.8. The normalized spacial score (nSPS) is 23.1. The lowest BCUT2D eigenvalue weighted by atomic mass is 9.76. The fraction of sp³-hybridized carbons (Fsp3) is 0.556. The minimum absolute atomic E-state index is 0.0815. The van der Waals surface area contributed by atoms with Crippen molar-refractivity contribution in [3.8, 4) is 5.75 Å². The SMILES string of the molecule is CC(=O)N1CC2(CCN(Cc3ccc(O)c(Cl)c3)CC2)C[C@H]1C(=O)O. The fourth-order valence-corrected chi connectivity index (χ4v) is 4.27. The first-order valence-corrected chi connectivity index (χ1v) is 8.87. The van der Waals surface area contributed by atoms with E-state index in [-0.39, 0.29) is 17.1 Å². The Hall–Kier alpha value is -1.79. The molecule has 0 aliphatic carbocycles. The van der Waals surface area contributed by atoms with E-state index in [4.69, 9.17) is 11.6 Å². The van der Waals surface area contributed by atoms with Gasteiger partial charge in [-0.05, 0) is 55.5 Å². The summed E-state index contributed by atoms with van der Waals surface area (Å²) in [5.41, 5.74) is 0.955. The molecule has 1 atom stereocenters. The first-order chi connectivity index (χ1) is 11.8. The van der Waals surface area contributed by atoms with Gasteiger partial charge < -0.3 is 15.1 Å². The number of amides is 1. The van der Waals surface area contributed by atoms with Crippen LogP contribution in [0.3, 0.4) is 0 Å². The molecule has 2 saturated heterocycles. The summed E-state index contributed by atoms with van der Waals surface area (Å²) in [6.07, 6.45) is 2.31. The Kier molecular flexibility index (Phi) is 4.93. The molecule has 2 heterocycles. The molecule has 0 saturated carbocycles. The molecule has 1 amide bonds. The van der Waals surface area contributed by atoms with E-state index in [1.165, 1.54) is 11.8 Å². The molecular formula is C18H23ClN2O4. The van der Waals surface area contributed by atoms with Crippen molar-refractivity contribution >= 4 is 23.5 Å². The second-order valence-corrected chi connectivity index (χ2v) is 7.67. The van der Waals surface area contributed by atoms with Gasteiger partial charge in [0.15, 0.2) is 0 Å². The number of benzene rings is 1. The molecule has 0 aromatic heterocycles. The summed E-state index contributed by atoms with van der Waals surface area (Å²) in [5.74, 6) is -0.989. The van der Waals surface area contributed by atoms with Gasteiger partial charge in [0.2, 0.25) is 5.91 Å². The predicted octanol–water partition coefficient (Wildman–Crippen LogP) is 2.33. The first-order valence-electron chi connectivity index (χ1n) is 8.49. The van der Waals surface area contributed by atoms with E-state index in [2.05, 4.69) is 4.90 Å². The molecule has 0 unspecified atom stereocenters. The van der Waals surface area contributed by atoms with Crippen LogP contribution in [0, 0.1) is 5.41 Å². The highest BCUT2D eigenvalue weighted by Crippen LogP contribution is 2.43. The van der Waals surface area contributed by atoms with Crippen LogP contribution in [0.25, 0.3) is 0 Å². The van der Waals surface area contributed by atoms with Crippen LogP contribution in [0.1, 0.15) is 31.7 Å². The van der Waals surface area contributed by atoms with Crippen molar-refractivity contribution in [3.63, 3.8) is 0 Å². The van der Waals surface area contributed by atoms with Crippen molar-refractivity contribution in [1.82, 2.24) is 9.80 Å². The number of aliphatic carboxylic acids is 1. The van der Waals surface area contributed by atoms with Gasteiger partial charge in [0.05, 0.1) is 5.02 Å². The number of carboxylic acids is 1. The van der Waals surface area contributed by atoms with Gasteiger partial charge in [-0.15, -0.1) is 0 Å². The Morgan fingerprint density at radius 3 is 2.52 bits per heavy atom. The molecule has 0 bridgehead atoms. The zero-order valence-corrected chi connectivity index (χ0v) is 15.0. The minimum atomic E-state index is -0.909. The van der Waals surface area contributed by atoms with Gasteiger partial charge in [0.1, 0.15) is 11.8 Å². The molecule has 2 aliphatic rings. The molecule has 2 N–H and O–H groups in total. The van der Waals surface area contributed by atoms with Crippen molar-refractivity contribution in [2.24, 2.45) is 5.41 Å². The average molecular weight is 367 g/mol. The largest absolute Gasteiger partial charge is 0.506 e.